The van der Waals surface area contributed by atoms with Gasteiger partial charge in [0.25, 0.3) is 0 Å². The topological polar surface area (TPSA) is 103 Å². The van der Waals surface area contributed by atoms with Crippen LogP contribution in [0.15, 0.2) is 43.0 Å². The summed E-state index contributed by atoms with van der Waals surface area (Å²) in [6, 6.07) is 6.86. The van der Waals surface area contributed by atoms with E-state index in [1.54, 1.807) is 12.5 Å². The second kappa shape index (κ2) is 5.84. The van der Waals surface area contributed by atoms with Gasteiger partial charge in [-0.25, -0.2) is 4.98 Å². The van der Waals surface area contributed by atoms with Crippen LogP contribution in [-0.2, 0) is 22.4 Å². The summed E-state index contributed by atoms with van der Waals surface area (Å²) in [6.45, 7) is 0. The van der Waals surface area contributed by atoms with Gasteiger partial charge in [-0.2, -0.15) is 0 Å². The molecule has 24 heavy (non-hydrogen) atoms. The fourth-order valence-electron chi connectivity index (χ4n) is 3.04. The van der Waals surface area contributed by atoms with Gasteiger partial charge in [0, 0.05) is 36.4 Å². The van der Waals surface area contributed by atoms with Crippen molar-refractivity contribution < 1.29 is 9.59 Å². The highest BCUT2D eigenvalue weighted by Gasteiger charge is 2.33. The lowest BCUT2D eigenvalue weighted by atomic mass is 10.00. The third kappa shape index (κ3) is 2.76. The summed E-state index contributed by atoms with van der Waals surface area (Å²) in [7, 11) is 0. The van der Waals surface area contributed by atoms with E-state index in [9.17, 15) is 9.59 Å². The quantitative estimate of drug-likeness (QED) is 0.567. The van der Waals surface area contributed by atoms with Crippen molar-refractivity contribution in [2.24, 2.45) is 0 Å². The van der Waals surface area contributed by atoms with Crippen molar-refractivity contribution in [3.8, 4) is 0 Å². The summed E-state index contributed by atoms with van der Waals surface area (Å²) in [6.07, 6.45) is 5.94. The van der Waals surface area contributed by atoms with Gasteiger partial charge in [0.1, 0.15) is 12.1 Å². The lowest BCUT2D eigenvalue weighted by molar-refractivity contribution is -0.136. The van der Waals surface area contributed by atoms with Crippen LogP contribution in [0.4, 0.5) is 0 Å². The molecule has 0 aliphatic carbocycles. The van der Waals surface area contributed by atoms with Crippen molar-refractivity contribution in [3.05, 3.63) is 54.2 Å². The molecular formula is C17H17N5O2. The van der Waals surface area contributed by atoms with Crippen LogP contribution < -0.4 is 10.6 Å². The Hall–Kier alpha value is -3.09. The Morgan fingerprint density at radius 2 is 1.75 bits per heavy atom. The molecular weight excluding hydrogens is 306 g/mol. The maximum atomic E-state index is 12.3. The first-order valence-electron chi connectivity index (χ1n) is 7.83. The molecule has 2 amide bonds. The number of hydrogen-bond acceptors (Lipinski definition) is 3. The normalized spacial score (nSPS) is 20.8. The second-order valence-corrected chi connectivity index (χ2v) is 6.01. The van der Waals surface area contributed by atoms with Gasteiger partial charge in [0.05, 0.1) is 6.33 Å². The van der Waals surface area contributed by atoms with Gasteiger partial charge in [0.15, 0.2) is 0 Å². The lowest BCUT2D eigenvalue weighted by Gasteiger charge is -2.29. The maximum absolute atomic E-state index is 12.3. The molecule has 0 bridgehead atoms. The van der Waals surface area contributed by atoms with Crippen LogP contribution in [0.5, 0.6) is 0 Å². The zero-order valence-electron chi connectivity index (χ0n) is 12.9. The molecule has 1 saturated heterocycles. The highest BCUT2D eigenvalue weighted by molar-refractivity contribution is 5.97. The molecule has 4 N–H and O–H groups in total. The fraction of sp³-hybridized carbons (Fsp3) is 0.235. The number of piperazine rings is 1. The average molecular weight is 323 g/mol. The third-order valence-corrected chi connectivity index (χ3v) is 4.30. The molecule has 2 atom stereocenters. The Labute approximate surface area is 137 Å². The van der Waals surface area contributed by atoms with E-state index in [1.807, 2.05) is 30.5 Å². The number of aromatic amines is 2. The highest BCUT2D eigenvalue weighted by Crippen LogP contribution is 2.16. The van der Waals surface area contributed by atoms with Crippen LogP contribution in [0.2, 0.25) is 0 Å². The number of H-pyrrole nitrogens is 2. The number of fused-ring (bicyclic) bond motifs is 1. The first kappa shape index (κ1) is 14.5. The molecule has 0 radical (unpaired) electrons. The van der Waals surface area contributed by atoms with Crippen LogP contribution in [0, 0.1) is 0 Å². The Kier molecular flexibility index (Phi) is 3.53. The molecule has 7 nitrogen and oxygen atoms in total. The molecule has 0 spiro atoms. The van der Waals surface area contributed by atoms with Crippen LogP contribution in [0.25, 0.3) is 10.9 Å². The second-order valence-electron chi connectivity index (χ2n) is 6.01. The van der Waals surface area contributed by atoms with Gasteiger partial charge in [-0.1, -0.05) is 12.1 Å². The highest BCUT2D eigenvalue weighted by atomic mass is 16.2. The zero-order valence-corrected chi connectivity index (χ0v) is 12.9. The van der Waals surface area contributed by atoms with Gasteiger partial charge in [-0.15, -0.1) is 0 Å². The minimum Gasteiger partial charge on any atom is -0.361 e. The Morgan fingerprint density at radius 1 is 0.958 bits per heavy atom. The van der Waals surface area contributed by atoms with Crippen molar-refractivity contribution in [3.63, 3.8) is 0 Å². The number of carbonyl (C=O) groups excluding carboxylic acids is 2. The Bertz CT molecular complexity index is 883. The third-order valence-electron chi connectivity index (χ3n) is 4.30. The lowest BCUT2D eigenvalue weighted by Crippen LogP contribution is -2.62. The van der Waals surface area contributed by atoms with E-state index in [0.29, 0.717) is 12.8 Å². The molecule has 4 rings (SSSR count). The average Bonchev–Trinajstić information content (AvgIpc) is 3.23. The molecule has 1 fully saturated rings. The van der Waals surface area contributed by atoms with Crippen LogP contribution >= 0.6 is 0 Å². The SMILES string of the molecule is O=C1N[C@H](Cc2cnc[nH]2)C(=O)NC1Cc1ccc2cc[nH]c2c1. The fourth-order valence-corrected chi connectivity index (χ4v) is 3.04. The summed E-state index contributed by atoms with van der Waals surface area (Å²) in [5.74, 6) is -0.333. The number of amides is 2. The number of nitrogens with one attached hydrogen (secondary N) is 4. The van der Waals surface area contributed by atoms with Crippen LogP contribution in [0.3, 0.4) is 0 Å². The molecule has 1 aliphatic heterocycles. The number of nitrogens with zero attached hydrogens (tertiary/aromatic N) is 1. The van der Waals surface area contributed by atoms with Crippen molar-refractivity contribution in [2.45, 2.75) is 24.9 Å². The summed E-state index contributed by atoms with van der Waals surface area (Å²) < 4.78 is 0. The standard InChI is InChI=1S/C17H17N5O2/c23-16-14(6-10-1-2-11-3-4-19-13(11)5-10)21-17(24)15(22-16)7-12-8-18-9-20-12/h1-5,8-9,14-15,19H,6-7H2,(H,18,20)(H,21,24)(H,22,23)/t14?,15-/m1/s1. The minimum atomic E-state index is -0.569. The van der Waals surface area contributed by atoms with Crippen molar-refractivity contribution in [1.82, 2.24) is 25.6 Å². The van der Waals surface area contributed by atoms with Crippen molar-refractivity contribution in [2.75, 3.05) is 0 Å². The molecule has 1 aromatic carbocycles. The molecule has 2 aromatic heterocycles. The van der Waals surface area contributed by atoms with Gasteiger partial charge in [-0.05, 0) is 23.1 Å². The summed E-state index contributed by atoms with van der Waals surface area (Å²) in [5.41, 5.74) is 2.83. The number of imidazole rings is 1. The predicted octanol–water partition coefficient (Wildman–Crippen LogP) is 0.659. The van der Waals surface area contributed by atoms with Gasteiger partial charge in [-0.3, -0.25) is 9.59 Å². The van der Waals surface area contributed by atoms with E-state index in [4.69, 9.17) is 0 Å². The van der Waals surface area contributed by atoms with Gasteiger partial charge in [0.2, 0.25) is 11.8 Å². The monoisotopic (exact) mass is 323 g/mol. The van der Waals surface area contributed by atoms with E-state index in [1.165, 1.54) is 0 Å². The minimum absolute atomic E-state index is 0.161. The van der Waals surface area contributed by atoms with E-state index in [2.05, 4.69) is 25.6 Å². The molecule has 122 valence electrons. The summed E-state index contributed by atoms with van der Waals surface area (Å²) in [5, 5.41) is 6.74. The molecule has 1 aliphatic rings. The first-order chi connectivity index (χ1) is 11.7. The molecule has 3 aromatic rings. The first-order valence-corrected chi connectivity index (χ1v) is 7.83. The van der Waals surface area contributed by atoms with Crippen LogP contribution in [0.1, 0.15) is 11.3 Å². The largest absolute Gasteiger partial charge is 0.361 e. The van der Waals surface area contributed by atoms with Crippen LogP contribution in [-0.4, -0.2) is 38.8 Å². The number of benzene rings is 1. The molecule has 3 heterocycles. The van der Waals surface area contributed by atoms with Crippen molar-refractivity contribution >= 4 is 22.7 Å². The summed E-state index contributed by atoms with van der Waals surface area (Å²) in [4.78, 5) is 34.6. The van der Waals surface area contributed by atoms with E-state index in [0.717, 1.165) is 22.2 Å². The van der Waals surface area contributed by atoms with Crippen molar-refractivity contribution in [1.29, 1.82) is 0 Å². The molecule has 1 unspecified atom stereocenters. The Morgan fingerprint density at radius 3 is 2.50 bits per heavy atom. The summed E-state index contributed by atoms with van der Waals surface area (Å²) >= 11 is 0. The Balaban J connectivity index is 1.45. The smallest absolute Gasteiger partial charge is 0.243 e. The number of aromatic nitrogens is 3. The number of carbonyl (C=O) groups is 2. The zero-order chi connectivity index (χ0) is 16.5. The van der Waals surface area contributed by atoms with Gasteiger partial charge < -0.3 is 20.6 Å². The number of rotatable bonds is 4. The predicted molar refractivity (Wildman–Crippen MR) is 88.2 cm³/mol. The van der Waals surface area contributed by atoms with Gasteiger partial charge >= 0.3 is 0 Å². The maximum Gasteiger partial charge on any atom is 0.243 e. The van der Waals surface area contributed by atoms with E-state index >= 15 is 0 Å². The van der Waals surface area contributed by atoms with E-state index in [-0.39, 0.29) is 11.8 Å². The molecule has 0 saturated carbocycles. The van der Waals surface area contributed by atoms with E-state index < -0.39 is 12.1 Å². The molecule has 7 heteroatoms. The number of hydrogen-bond donors (Lipinski definition) is 4.